The van der Waals surface area contributed by atoms with Crippen LogP contribution in [0.15, 0.2) is 0 Å². The van der Waals surface area contributed by atoms with Gasteiger partial charge in [-0.1, -0.05) is 5.48 Å². The molecule has 0 aliphatic heterocycles. The molecule has 0 aromatic rings. The molecule has 0 aromatic carbocycles. The first-order chi connectivity index (χ1) is 4.06. The van der Waals surface area contributed by atoms with Crippen molar-refractivity contribution in [2.45, 2.75) is 0 Å². The Morgan fingerprint density at radius 3 is 2.20 bits per heavy atom. The monoisotopic (exact) mass is 274 g/mol. The van der Waals surface area contributed by atoms with Gasteiger partial charge in [0.15, 0.2) is 0 Å². The molecule has 0 aliphatic rings. The SMILES string of the molecule is NCCNO[I+3]([O-])([O-])[O-].[NaH]. The molecule has 6 nitrogen and oxygen atoms in total. The summed E-state index contributed by atoms with van der Waals surface area (Å²) in [5, 5.41) is 0. The summed E-state index contributed by atoms with van der Waals surface area (Å²) in [7, 11) is 0. The van der Waals surface area contributed by atoms with E-state index < -0.39 is 20.1 Å². The Morgan fingerprint density at radius 1 is 1.40 bits per heavy atom. The number of halogens is 1. The van der Waals surface area contributed by atoms with Crippen molar-refractivity contribution >= 4 is 29.6 Å². The molecule has 0 fully saturated rings. The third-order valence-corrected chi connectivity index (χ3v) is 1.25. The summed E-state index contributed by atoms with van der Waals surface area (Å²) in [6.45, 7) is 0.370. The van der Waals surface area contributed by atoms with Crippen LogP contribution in [0.3, 0.4) is 0 Å². The summed E-state index contributed by atoms with van der Waals surface area (Å²) < 4.78 is 32.8. The first-order valence-corrected chi connectivity index (χ1v) is 5.61. The van der Waals surface area contributed by atoms with Crippen molar-refractivity contribution in [2.24, 2.45) is 5.73 Å². The maximum atomic E-state index is 9.72. The Bertz CT molecular complexity index is 78.1. The molecule has 0 spiro atoms. The third-order valence-electron chi connectivity index (χ3n) is 0.395. The average molecular weight is 274 g/mol. The van der Waals surface area contributed by atoms with E-state index in [0.29, 0.717) is 0 Å². The number of hydroxylamine groups is 1. The molecule has 8 heteroatoms. The molecule has 58 valence electrons. The van der Waals surface area contributed by atoms with Crippen molar-refractivity contribution in [3.8, 4) is 0 Å². The van der Waals surface area contributed by atoms with E-state index in [1.54, 1.807) is 0 Å². The van der Waals surface area contributed by atoms with Gasteiger partial charge in [0.25, 0.3) is 0 Å². The number of hydrogen-bond acceptors (Lipinski definition) is 6. The van der Waals surface area contributed by atoms with Crippen LogP contribution in [0.1, 0.15) is 0 Å². The van der Waals surface area contributed by atoms with E-state index in [-0.39, 0.29) is 42.6 Å². The van der Waals surface area contributed by atoms with Crippen LogP contribution in [0.25, 0.3) is 0 Å². The second kappa shape index (κ2) is 7.16. The van der Waals surface area contributed by atoms with E-state index in [9.17, 15) is 10.3 Å². The zero-order valence-corrected chi connectivity index (χ0v) is 6.66. The predicted molar refractivity (Wildman–Crippen MR) is 25.3 cm³/mol. The van der Waals surface area contributed by atoms with Gasteiger partial charge in [0.05, 0.1) is 0 Å². The fourth-order valence-electron chi connectivity index (χ4n) is 0.164. The first kappa shape index (κ1) is 14.0. The van der Waals surface area contributed by atoms with Crippen LogP contribution in [-0.2, 0) is 3.17 Å². The summed E-state index contributed by atoms with van der Waals surface area (Å²) in [6, 6.07) is 0. The molecule has 0 bridgehead atoms. The fraction of sp³-hybridized carbons (Fsp3) is 1.00. The van der Waals surface area contributed by atoms with Crippen LogP contribution in [0.4, 0.5) is 0 Å². The van der Waals surface area contributed by atoms with Crippen molar-refractivity contribution in [1.82, 2.24) is 5.48 Å². The second-order valence-electron chi connectivity index (χ2n) is 1.14. The van der Waals surface area contributed by atoms with E-state index in [2.05, 4.69) is 3.17 Å². The Morgan fingerprint density at radius 2 is 1.90 bits per heavy atom. The summed E-state index contributed by atoms with van der Waals surface area (Å²) in [5.41, 5.74) is 6.82. The van der Waals surface area contributed by atoms with Gasteiger partial charge in [0.1, 0.15) is 3.17 Å². The van der Waals surface area contributed by atoms with Crippen LogP contribution >= 0.6 is 0 Å². The molecular formula is C2H8IN2NaO4. The number of nitrogens with one attached hydrogen (secondary N) is 1. The molecule has 0 aromatic heterocycles. The number of hydrogen-bond donors (Lipinski definition) is 2. The quantitative estimate of drug-likeness (QED) is 0.227. The first-order valence-electron chi connectivity index (χ1n) is 2.08. The third kappa shape index (κ3) is 12.2. The van der Waals surface area contributed by atoms with Crippen LogP contribution in [0.2, 0.25) is 0 Å². The van der Waals surface area contributed by atoms with E-state index in [1.807, 2.05) is 5.48 Å². The standard InChI is InChI=1S/C2H7IN2O4.Na.H/c4-1-2-5-9-3(6,7)8;;/h5H,1-2,4H2;;. The number of rotatable bonds is 4. The van der Waals surface area contributed by atoms with Crippen LogP contribution in [0, 0.1) is 0 Å². The van der Waals surface area contributed by atoms with E-state index in [4.69, 9.17) is 5.73 Å². The van der Waals surface area contributed by atoms with Crippen molar-refractivity contribution in [2.75, 3.05) is 13.1 Å². The van der Waals surface area contributed by atoms with Crippen LogP contribution in [-0.4, -0.2) is 42.6 Å². The van der Waals surface area contributed by atoms with Crippen LogP contribution < -0.4 is 41.6 Å². The molecule has 3 N–H and O–H groups in total. The molecule has 0 amide bonds. The van der Waals surface area contributed by atoms with Gasteiger partial charge >= 0.3 is 49.7 Å². The normalized spacial score (nSPS) is 10.8. The van der Waals surface area contributed by atoms with Gasteiger partial charge < -0.3 is 5.73 Å². The Hall–Kier alpha value is 1.49. The van der Waals surface area contributed by atoms with Crippen molar-refractivity contribution in [3.63, 3.8) is 0 Å². The Balaban J connectivity index is 0. The zero-order chi connectivity index (χ0) is 7.33. The summed E-state index contributed by atoms with van der Waals surface area (Å²) in [6.07, 6.45) is 0. The molecule has 0 radical (unpaired) electrons. The predicted octanol–water partition coefficient (Wildman–Crippen LogP) is -8.28. The average Bonchev–Trinajstić information content (AvgIpc) is 1.63. The van der Waals surface area contributed by atoms with Crippen molar-refractivity contribution < 1.29 is 33.6 Å². The van der Waals surface area contributed by atoms with E-state index >= 15 is 0 Å². The molecule has 0 rings (SSSR count). The van der Waals surface area contributed by atoms with Gasteiger partial charge in [0.2, 0.25) is 0 Å². The van der Waals surface area contributed by atoms with Gasteiger partial charge in [0, 0.05) is 13.1 Å². The maximum absolute atomic E-state index is 9.72. The second-order valence-corrected chi connectivity index (χ2v) is 3.74. The van der Waals surface area contributed by atoms with Gasteiger partial charge in [-0.15, -0.1) is 0 Å². The minimum atomic E-state index is -5.48. The Labute approximate surface area is 86.7 Å². The van der Waals surface area contributed by atoms with Gasteiger partial charge in [-0.2, -0.15) is 0 Å². The molecule has 0 heterocycles. The molecule has 0 saturated heterocycles. The Kier molecular flexibility index (Phi) is 10.0. The molecule has 0 saturated carbocycles. The van der Waals surface area contributed by atoms with Crippen LogP contribution in [0.5, 0.6) is 0 Å². The van der Waals surface area contributed by atoms with Crippen molar-refractivity contribution in [3.05, 3.63) is 0 Å². The minimum absolute atomic E-state index is 0. The molecule has 0 unspecified atom stereocenters. The number of nitrogens with two attached hydrogens (primary N) is 1. The fourth-order valence-corrected chi connectivity index (χ4v) is 0.766. The molecule has 0 aliphatic carbocycles. The molecular weight excluding hydrogens is 266 g/mol. The summed E-state index contributed by atoms with van der Waals surface area (Å²) in [5.74, 6) is 0. The van der Waals surface area contributed by atoms with Crippen molar-refractivity contribution in [1.29, 1.82) is 0 Å². The van der Waals surface area contributed by atoms with Gasteiger partial charge in [-0.3, -0.25) is 10.3 Å². The summed E-state index contributed by atoms with van der Waals surface area (Å²) >= 11 is -5.48. The van der Waals surface area contributed by atoms with Gasteiger partial charge in [-0.25, -0.2) is 0 Å². The van der Waals surface area contributed by atoms with Gasteiger partial charge in [-0.05, 0) is 0 Å². The summed E-state index contributed by atoms with van der Waals surface area (Å²) in [4.78, 5) is 0. The zero-order valence-electron chi connectivity index (χ0n) is 4.50. The van der Waals surface area contributed by atoms with E-state index in [0.717, 1.165) is 0 Å². The molecule has 10 heavy (non-hydrogen) atoms. The topological polar surface area (TPSA) is 116 Å². The molecule has 0 atom stereocenters. The van der Waals surface area contributed by atoms with E-state index in [1.165, 1.54) is 0 Å².